The summed E-state index contributed by atoms with van der Waals surface area (Å²) < 4.78 is 0. The fourth-order valence-electron chi connectivity index (χ4n) is 2.36. The van der Waals surface area contributed by atoms with Gasteiger partial charge in [-0.05, 0) is 35.6 Å². The van der Waals surface area contributed by atoms with E-state index in [4.69, 9.17) is 0 Å². The third-order valence-electron chi connectivity index (χ3n) is 3.69. The molecule has 3 N–H and O–H groups in total. The molecule has 3 aromatic rings. The lowest BCUT2D eigenvalue weighted by molar-refractivity contribution is 0.0950. The number of aromatic nitrogens is 2. The molecule has 6 nitrogen and oxygen atoms in total. The van der Waals surface area contributed by atoms with E-state index in [9.17, 15) is 9.59 Å². The molecule has 0 fully saturated rings. The van der Waals surface area contributed by atoms with Crippen molar-refractivity contribution in [2.75, 3.05) is 11.9 Å². The SMILES string of the molecule is CC(C)CNC(=O)c1ccccc1NC(=O)c1cc(-c2cccs2)[nH]n1. The first kappa shape index (κ1) is 17.9. The van der Waals surface area contributed by atoms with E-state index >= 15 is 0 Å². The van der Waals surface area contributed by atoms with Crippen molar-refractivity contribution in [3.8, 4) is 10.6 Å². The van der Waals surface area contributed by atoms with Gasteiger partial charge in [0.05, 0.1) is 21.8 Å². The maximum Gasteiger partial charge on any atom is 0.276 e. The maximum atomic E-state index is 12.5. The number of H-pyrrole nitrogens is 1. The highest BCUT2D eigenvalue weighted by Gasteiger charge is 2.16. The lowest BCUT2D eigenvalue weighted by Crippen LogP contribution is -2.28. The minimum atomic E-state index is -0.367. The zero-order valence-electron chi connectivity index (χ0n) is 14.6. The zero-order chi connectivity index (χ0) is 18.5. The lowest BCUT2D eigenvalue weighted by atomic mass is 10.1. The van der Waals surface area contributed by atoms with Crippen LogP contribution in [0.4, 0.5) is 5.69 Å². The van der Waals surface area contributed by atoms with Crippen LogP contribution in [-0.2, 0) is 0 Å². The summed E-state index contributed by atoms with van der Waals surface area (Å²) in [5.74, 6) is -0.232. The molecule has 0 spiro atoms. The number of benzene rings is 1. The van der Waals surface area contributed by atoms with Gasteiger partial charge in [0.1, 0.15) is 0 Å². The summed E-state index contributed by atoms with van der Waals surface area (Å²) in [4.78, 5) is 25.9. The van der Waals surface area contributed by atoms with Crippen LogP contribution in [0.15, 0.2) is 47.8 Å². The maximum absolute atomic E-state index is 12.5. The van der Waals surface area contributed by atoms with E-state index in [0.29, 0.717) is 23.7 Å². The monoisotopic (exact) mass is 368 g/mol. The molecule has 0 saturated heterocycles. The van der Waals surface area contributed by atoms with Crippen LogP contribution in [0, 0.1) is 5.92 Å². The molecular weight excluding hydrogens is 348 g/mol. The summed E-state index contributed by atoms with van der Waals surface area (Å²) in [7, 11) is 0. The summed E-state index contributed by atoms with van der Waals surface area (Å²) in [6, 6.07) is 12.5. The second kappa shape index (κ2) is 7.97. The predicted molar refractivity (Wildman–Crippen MR) is 103 cm³/mol. The van der Waals surface area contributed by atoms with Crippen LogP contribution in [0.2, 0.25) is 0 Å². The molecule has 134 valence electrons. The van der Waals surface area contributed by atoms with Gasteiger partial charge in [0.25, 0.3) is 11.8 Å². The van der Waals surface area contributed by atoms with E-state index in [1.165, 1.54) is 0 Å². The fraction of sp³-hybridized carbons (Fsp3) is 0.211. The number of hydrogen-bond acceptors (Lipinski definition) is 4. The van der Waals surface area contributed by atoms with Crippen LogP contribution in [0.25, 0.3) is 10.6 Å². The van der Waals surface area contributed by atoms with E-state index in [1.54, 1.807) is 41.7 Å². The van der Waals surface area contributed by atoms with Gasteiger partial charge in [-0.1, -0.05) is 32.0 Å². The first-order valence-corrected chi connectivity index (χ1v) is 9.20. The molecule has 7 heteroatoms. The molecule has 0 atom stereocenters. The number of para-hydroxylation sites is 1. The van der Waals surface area contributed by atoms with Gasteiger partial charge in [-0.25, -0.2) is 0 Å². The van der Waals surface area contributed by atoms with Gasteiger partial charge in [-0.15, -0.1) is 11.3 Å². The summed E-state index contributed by atoms with van der Waals surface area (Å²) in [6.45, 7) is 4.62. The Bertz CT molecular complexity index is 900. The van der Waals surface area contributed by atoms with E-state index in [-0.39, 0.29) is 17.5 Å². The molecule has 0 unspecified atom stereocenters. The van der Waals surface area contributed by atoms with E-state index < -0.39 is 0 Å². The second-order valence-corrected chi connectivity index (χ2v) is 7.20. The van der Waals surface area contributed by atoms with Crippen LogP contribution in [0.3, 0.4) is 0 Å². The molecule has 0 radical (unpaired) electrons. The van der Waals surface area contributed by atoms with Crippen LogP contribution in [0.1, 0.15) is 34.7 Å². The van der Waals surface area contributed by atoms with Crippen LogP contribution >= 0.6 is 11.3 Å². The molecule has 2 heterocycles. The average molecular weight is 368 g/mol. The molecule has 1 aromatic carbocycles. The molecule has 3 rings (SSSR count). The zero-order valence-corrected chi connectivity index (χ0v) is 15.4. The van der Waals surface area contributed by atoms with Gasteiger partial charge in [0, 0.05) is 6.54 Å². The van der Waals surface area contributed by atoms with E-state index in [0.717, 1.165) is 10.6 Å². The first-order valence-electron chi connectivity index (χ1n) is 8.32. The number of carbonyl (C=O) groups excluding carboxylic acids is 2. The third kappa shape index (κ3) is 4.18. The predicted octanol–water partition coefficient (Wildman–Crippen LogP) is 3.78. The van der Waals surface area contributed by atoms with Gasteiger partial charge >= 0.3 is 0 Å². The number of rotatable bonds is 6. The summed E-state index contributed by atoms with van der Waals surface area (Å²) >= 11 is 1.56. The Morgan fingerprint density at radius 1 is 1.15 bits per heavy atom. The van der Waals surface area contributed by atoms with Gasteiger partial charge in [-0.2, -0.15) is 5.10 Å². The Kier molecular flexibility index (Phi) is 5.48. The highest BCUT2D eigenvalue weighted by Crippen LogP contribution is 2.23. The quantitative estimate of drug-likeness (QED) is 0.619. The Morgan fingerprint density at radius 3 is 2.69 bits per heavy atom. The second-order valence-electron chi connectivity index (χ2n) is 6.25. The van der Waals surface area contributed by atoms with Crippen molar-refractivity contribution in [3.05, 3.63) is 59.1 Å². The minimum absolute atomic E-state index is 0.212. The van der Waals surface area contributed by atoms with Crippen molar-refractivity contribution in [1.29, 1.82) is 0 Å². The topological polar surface area (TPSA) is 86.9 Å². The van der Waals surface area contributed by atoms with Crippen molar-refractivity contribution >= 4 is 28.8 Å². The molecule has 2 aromatic heterocycles. The highest BCUT2D eigenvalue weighted by molar-refractivity contribution is 7.13. The molecule has 0 bridgehead atoms. The summed E-state index contributed by atoms with van der Waals surface area (Å²) in [6.07, 6.45) is 0. The number of aromatic amines is 1. The van der Waals surface area contributed by atoms with Gasteiger partial charge < -0.3 is 10.6 Å². The van der Waals surface area contributed by atoms with Gasteiger partial charge in [0.2, 0.25) is 0 Å². The first-order chi connectivity index (χ1) is 12.5. The van der Waals surface area contributed by atoms with Gasteiger partial charge in [-0.3, -0.25) is 14.7 Å². The fourth-order valence-corrected chi connectivity index (χ4v) is 3.06. The molecule has 26 heavy (non-hydrogen) atoms. The molecule has 0 aliphatic rings. The smallest absolute Gasteiger partial charge is 0.276 e. The number of nitrogens with zero attached hydrogens (tertiary/aromatic N) is 1. The molecule has 2 amide bonds. The van der Waals surface area contributed by atoms with E-state index in [2.05, 4.69) is 20.8 Å². The number of hydrogen-bond donors (Lipinski definition) is 3. The third-order valence-corrected chi connectivity index (χ3v) is 4.59. The highest BCUT2D eigenvalue weighted by atomic mass is 32.1. The average Bonchev–Trinajstić information content (AvgIpc) is 3.31. The van der Waals surface area contributed by atoms with Crippen molar-refractivity contribution in [3.63, 3.8) is 0 Å². The van der Waals surface area contributed by atoms with E-state index in [1.807, 2.05) is 31.4 Å². The van der Waals surface area contributed by atoms with Crippen LogP contribution < -0.4 is 10.6 Å². The Morgan fingerprint density at radius 2 is 1.96 bits per heavy atom. The van der Waals surface area contributed by atoms with Crippen molar-refractivity contribution in [2.24, 2.45) is 5.92 Å². The molecular formula is C19H20N4O2S. The Labute approximate surface area is 155 Å². The van der Waals surface area contributed by atoms with Crippen molar-refractivity contribution in [2.45, 2.75) is 13.8 Å². The molecule has 0 aliphatic carbocycles. The summed E-state index contributed by atoms with van der Waals surface area (Å²) in [5, 5.41) is 14.5. The molecule has 0 aliphatic heterocycles. The van der Waals surface area contributed by atoms with Crippen molar-refractivity contribution < 1.29 is 9.59 Å². The van der Waals surface area contributed by atoms with Crippen LogP contribution in [0.5, 0.6) is 0 Å². The van der Waals surface area contributed by atoms with Crippen LogP contribution in [-0.4, -0.2) is 28.6 Å². The van der Waals surface area contributed by atoms with Gasteiger partial charge in [0.15, 0.2) is 5.69 Å². The molecule has 0 saturated carbocycles. The number of anilines is 1. The number of nitrogens with one attached hydrogen (secondary N) is 3. The number of amides is 2. The largest absolute Gasteiger partial charge is 0.352 e. The Balaban J connectivity index is 1.75. The minimum Gasteiger partial charge on any atom is -0.352 e. The standard InChI is InChI=1S/C19H20N4O2S/c1-12(2)11-20-18(24)13-6-3-4-7-14(13)21-19(25)16-10-15(22-23-16)17-8-5-9-26-17/h3-10,12H,11H2,1-2H3,(H,20,24)(H,21,25)(H,22,23). The summed E-state index contributed by atoms with van der Waals surface area (Å²) in [5.41, 5.74) is 1.94. The lowest BCUT2D eigenvalue weighted by Gasteiger charge is -2.12. The Hall–Kier alpha value is -2.93. The number of thiophene rings is 1. The number of carbonyl (C=O) groups is 2. The normalized spacial score (nSPS) is 10.7. The van der Waals surface area contributed by atoms with Crippen molar-refractivity contribution in [1.82, 2.24) is 15.5 Å².